The molecule has 0 heterocycles. The minimum Gasteiger partial charge on any atom is -0.444 e. The van der Waals surface area contributed by atoms with Crippen molar-refractivity contribution < 1.29 is 38.2 Å². The van der Waals surface area contributed by atoms with E-state index >= 15 is 0 Å². The summed E-state index contributed by atoms with van der Waals surface area (Å²) in [5, 5.41) is 16.1. The third-order valence-electron chi connectivity index (χ3n) is 6.68. The van der Waals surface area contributed by atoms with Crippen LogP contribution in [0.25, 0.3) is 0 Å². The summed E-state index contributed by atoms with van der Waals surface area (Å²) in [6, 6.07) is 15.6. The molecule has 0 bridgehead atoms. The van der Waals surface area contributed by atoms with Crippen molar-refractivity contribution >= 4 is 35.8 Å². The molecule has 282 valence electrons. The summed E-state index contributed by atoms with van der Waals surface area (Å²) in [6.45, 7) is 11.0. The van der Waals surface area contributed by atoms with Crippen LogP contribution < -0.4 is 31.9 Å². The highest BCUT2D eigenvalue weighted by Crippen LogP contribution is 2.16. The number of carbonyl (C=O) groups excluding carboxylic acids is 6. The number of ether oxygens (including phenoxy) is 2. The molecule has 0 aliphatic heterocycles. The topological polar surface area (TPSA) is 193 Å². The zero-order valence-electron chi connectivity index (χ0n) is 30.9. The first-order valence-electron chi connectivity index (χ1n) is 17.2. The van der Waals surface area contributed by atoms with Gasteiger partial charge < -0.3 is 41.4 Å². The van der Waals surface area contributed by atoms with Crippen molar-refractivity contribution in [1.82, 2.24) is 31.9 Å². The Morgan fingerprint density at radius 2 is 0.865 bits per heavy atom. The molecule has 0 radical (unpaired) electrons. The van der Waals surface area contributed by atoms with E-state index in [0.717, 1.165) is 0 Å². The van der Waals surface area contributed by atoms with Crippen molar-refractivity contribution in [2.45, 2.75) is 90.5 Å². The molecule has 0 saturated carbocycles. The fraction of sp³-hybridized carbons (Fsp3) is 0.474. The molecule has 2 rings (SSSR count). The van der Waals surface area contributed by atoms with E-state index in [1.54, 1.807) is 102 Å². The van der Waals surface area contributed by atoms with Crippen molar-refractivity contribution in [2.75, 3.05) is 26.2 Å². The third-order valence-corrected chi connectivity index (χ3v) is 6.68. The zero-order chi connectivity index (χ0) is 38.6. The molecular weight excluding hydrogens is 668 g/mol. The summed E-state index contributed by atoms with van der Waals surface area (Å²) >= 11 is 0. The van der Waals surface area contributed by atoms with E-state index < -0.39 is 47.3 Å². The second-order valence-corrected chi connectivity index (χ2v) is 13.6. The second kappa shape index (κ2) is 21.6. The number of alkyl carbamates (subject to hydrolysis) is 2. The lowest BCUT2D eigenvalue weighted by Gasteiger charge is -2.23. The van der Waals surface area contributed by atoms with Gasteiger partial charge >= 0.3 is 12.2 Å². The van der Waals surface area contributed by atoms with Crippen LogP contribution in [0, 0.1) is 11.8 Å². The van der Waals surface area contributed by atoms with E-state index in [9.17, 15) is 28.8 Å². The molecule has 52 heavy (non-hydrogen) atoms. The van der Waals surface area contributed by atoms with Crippen LogP contribution in [0.2, 0.25) is 0 Å². The maximum atomic E-state index is 12.9. The van der Waals surface area contributed by atoms with Crippen LogP contribution in [-0.2, 0) is 28.7 Å². The minimum absolute atomic E-state index is 0.144. The van der Waals surface area contributed by atoms with E-state index in [1.165, 1.54) is 0 Å². The minimum atomic E-state index is -0.975. The van der Waals surface area contributed by atoms with Crippen molar-refractivity contribution in [1.29, 1.82) is 0 Å². The van der Waals surface area contributed by atoms with E-state index in [2.05, 4.69) is 43.7 Å². The van der Waals surface area contributed by atoms with Crippen molar-refractivity contribution in [3.05, 3.63) is 71.8 Å². The van der Waals surface area contributed by atoms with Crippen molar-refractivity contribution in [3.63, 3.8) is 0 Å². The van der Waals surface area contributed by atoms with Gasteiger partial charge in [0.05, 0.1) is 0 Å². The van der Waals surface area contributed by atoms with Crippen LogP contribution in [-0.4, -0.2) is 73.2 Å². The zero-order valence-corrected chi connectivity index (χ0v) is 30.9. The number of rotatable bonds is 16. The Morgan fingerprint density at radius 1 is 0.538 bits per heavy atom. The fourth-order valence-corrected chi connectivity index (χ4v) is 4.43. The number of nitrogens with one attached hydrogen (secondary N) is 6. The first kappa shape index (κ1) is 42.6. The van der Waals surface area contributed by atoms with Gasteiger partial charge in [0.2, 0.25) is 23.6 Å². The summed E-state index contributed by atoms with van der Waals surface area (Å²) in [4.78, 5) is 74.8. The number of benzene rings is 2. The molecule has 0 fully saturated rings. The molecule has 2 atom stereocenters. The van der Waals surface area contributed by atoms with E-state index in [1.807, 2.05) is 0 Å². The van der Waals surface area contributed by atoms with Crippen LogP contribution in [0.3, 0.4) is 0 Å². The Morgan fingerprint density at radius 3 is 1.19 bits per heavy atom. The Balaban J connectivity index is 1.64. The molecule has 0 aliphatic carbocycles. The maximum Gasteiger partial charge on any atom is 0.408 e. The second-order valence-electron chi connectivity index (χ2n) is 13.6. The molecule has 0 spiro atoms. The average molecular weight is 721 g/mol. The quantitative estimate of drug-likeness (QED) is 0.112. The fourth-order valence-electron chi connectivity index (χ4n) is 4.43. The first-order valence-corrected chi connectivity index (χ1v) is 17.2. The van der Waals surface area contributed by atoms with Crippen molar-refractivity contribution in [2.24, 2.45) is 0 Å². The molecule has 14 heteroatoms. The van der Waals surface area contributed by atoms with Gasteiger partial charge in [-0.05, 0) is 52.7 Å². The van der Waals surface area contributed by atoms with Gasteiger partial charge in [0, 0.05) is 51.9 Å². The molecule has 0 aliphatic rings. The Hall–Kier alpha value is -5.58. The summed E-state index contributed by atoms with van der Waals surface area (Å²) in [7, 11) is 0. The van der Waals surface area contributed by atoms with E-state index in [0.29, 0.717) is 24.0 Å². The van der Waals surface area contributed by atoms with Crippen LogP contribution in [0.4, 0.5) is 9.59 Å². The largest absolute Gasteiger partial charge is 0.444 e. The van der Waals surface area contributed by atoms with Crippen LogP contribution >= 0.6 is 0 Å². The lowest BCUT2D eigenvalue weighted by molar-refractivity contribution is -0.124. The Bertz CT molecular complexity index is 1430. The van der Waals surface area contributed by atoms with Gasteiger partial charge in [0.15, 0.2) is 0 Å². The smallest absolute Gasteiger partial charge is 0.408 e. The summed E-state index contributed by atoms with van der Waals surface area (Å²) in [5.74, 6) is 4.36. The molecular formula is C38H52N6O8. The van der Waals surface area contributed by atoms with Gasteiger partial charge in [-0.1, -0.05) is 60.7 Å². The van der Waals surface area contributed by atoms with Gasteiger partial charge in [0.25, 0.3) is 0 Å². The molecule has 0 saturated heterocycles. The molecule has 6 amide bonds. The predicted octanol–water partition coefficient (Wildman–Crippen LogP) is 3.55. The van der Waals surface area contributed by atoms with Gasteiger partial charge in [-0.15, -0.1) is 11.8 Å². The maximum absolute atomic E-state index is 12.9. The van der Waals surface area contributed by atoms with Crippen LogP contribution in [0.1, 0.15) is 90.4 Å². The highest BCUT2D eigenvalue weighted by molar-refractivity contribution is 5.87. The van der Waals surface area contributed by atoms with E-state index in [-0.39, 0.29) is 50.8 Å². The number of carbonyl (C=O) groups is 6. The monoisotopic (exact) mass is 720 g/mol. The predicted molar refractivity (Wildman–Crippen MR) is 195 cm³/mol. The first-order chi connectivity index (χ1) is 24.5. The molecule has 6 N–H and O–H groups in total. The third kappa shape index (κ3) is 18.4. The van der Waals surface area contributed by atoms with E-state index in [4.69, 9.17) is 9.47 Å². The van der Waals surface area contributed by atoms with Crippen LogP contribution in [0.5, 0.6) is 0 Å². The summed E-state index contributed by atoms with van der Waals surface area (Å²) < 4.78 is 10.6. The Labute approximate surface area is 305 Å². The molecule has 2 aromatic carbocycles. The average Bonchev–Trinajstić information content (AvgIpc) is 3.07. The van der Waals surface area contributed by atoms with Gasteiger partial charge in [-0.2, -0.15) is 0 Å². The number of hydrogen-bond acceptors (Lipinski definition) is 8. The van der Waals surface area contributed by atoms with Crippen LogP contribution in [0.15, 0.2) is 60.7 Å². The summed E-state index contributed by atoms with van der Waals surface area (Å²) in [6.07, 6.45) is -0.573. The van der Waals surface area contributed by atoms with Gasteiger partial charge in [-0.3, -0.25) is 19.2 Å². The number of hydrogen-bond donors (Lipinski definition) is 6. The molecule has 14 nitrogen and oxygen atoms in total. The lowest BCUT2D eigenvalue weighted by atomic mass is 10.1. The van der Waals surface area contributed by atoms with Gasteiger partial charge in [-0.25, -0.2) is 9.59 Å². The normalized spacial score (nSPS) is 12.0. The van der Waals surface area contributed by atoms with Gasteiger partial charge in [0.1, 0.15) is 23.3 Å². The highest BCUT2D eigenvalue weighted by Gasteiger charge is 2.27. The molecule has 0 unspecified atom stereocenters. The number of amides is 6. The van der Waals surface area contributed by atoms with Crippen molar-refractivity contribution in [3.8, 4) is 11.8 Å². The molecule has 0 aromatic heterocycles. The standard InChI is InChI=1S/C38H52N6O8/c1-37(2,3)51-35(49)43-31(27-17-11-9-12-18-27)33(47)41-25-23-39-29(45)21-15-7-8-16-22-30(46)40-24-26-42-34(48)32(28-19-13-10-14-20-28)44-36(50)52-38(4,5)6/h9-14,17-20,31-32H,15-16,21-26H2,1-6H3,(H,39,45)(H,40,46)(H,41,47)(H,42,48)(H,43,49)(H,44,50)/t31-,32-/m0/s1. The lowest BCUT2D eigenvalue weighted by Crippen LogP contribution is -2.44. The Kier molecular flexibility index (Phi) is 17.7. The highest BCUT2D eigenvalue weighted by atomic mass is 16.6. The SMILES string of the molecule is CC(C)(C)OC(=O)N[C@H](C(=O)NCCNC(=O)CCC#CCCC(=O)NCCNC(=O)[C@@H](NC(=O)OC(C)(C)C)c1ccccc1)c1ccccc1. The summed E-state index contributed by atoms with van der Waals surface area (Å²) in [5.41, 5.74) is -0.294. The molecule has 2 aromatic rings.